The van der Waals surface area contributed by atoms with Crippen molar-refractivity contribution >= 4 is 23.6 Å². The lowest BCUT2D eigenvalue weighted by molar-refractivity contribution is -0.133. The third-order valence-electron chi connectivity index (χ3n) is 4.06. The van der Waals surface area contributed by atoms with E-state index in [0.29, 0.717) is 25.1 Å². The Kier molecular flexibility index (Phi) is 5.55. The highest BCUT2D eigenvalue weighted by Gasteiger charge is 2.28. The molecule has 1 heterocycles. The van der Waals surface area contributed by atoms with E-state index in [-0.39, 0.29) is 17.1 Å². The lowest BCUT2D eigenvalue weighted by Gasteiger charge is -2.07. The van der Waals surface area contributed by atoms with E-state index in [1.807, 2.05) is 0 Å². The number of benzene rings is 1. The van der Waals surface area contributed by atoms with Crippen molar-refractivity contribution in [2.45, 2.75) is 19.3 Å². The average molecular weight is 381 g/mol. The molecule has 1 aliphatic rings. The maximum atomic E-state index is 14.1. The molecule has 1 aromatic carbocycles. The Balaban J connectivity index is 1.78. The van der Waals surface area contributed by atoms with Crippen molar-refractivity contribution in [3.05, 3.63) is 46.8 Å². The molecule has 1 aliphatic carbocycles. The van der Waals surface area contributed by atoms with Crippen LogP contribution in [0.4, 0.5) is 8.78 Å². The van der Waals surface area contributed by atoms with Crippen LogP contribution in [0.5, 0.6) is 0 Å². The molecule has 0 saturated heterocycles. The fourth-order valence-electron chi connectivity index (χ4n) is 2.95. The summed E-state index contributed by atoms with van der Waals surface area (Å²) in [6, 6.07) is 3.86. The minimum atomic E-state index is -0.998. The molecule has 0 bridgehead atoms. The van der Waals surface area contributed by atoms with Crippen LogP contribution in [-0.4, -0.2) is 44.8 Å². The summed E-state index contributed by atoms with van der Waals surface area (Å²) in [4.78, 5) is 22.9. The van der Waals surface area contributed by atoms with Gasteiger partial charge in [-0.2, -0.15) is 5.10 Å². The molecule has 0 aliphatic heterocycles. The Morgan fingerprint density at radius 2 is 2.12 bits per heavy atom. The normalized spacial score (nSPS) is 12.8. The average Bonchev–Trinajstić information content (AvgIpc) is 3.19. The lowest BCUT2D eigenvalue weighted by Crippen LogP contribution is -2.27. The first kappa shape index (κ1) is 18.4. The number of fused-ring (bicyclic) bond motifs is 1. The molecule has 0 fully saturated rings. The van der Waals surface area contributed by atoms with Crippen molar-refractivity contribution in [1.82, 2.24) is 15.1 Å². The first-order valence-electron chi connectivity index (χ1n) is 8.12. The molecule has 0 spiro atoms. The number of aliphatic carboxylic acids is 1. The SMILES string of the molecule is O=C(O)CSCCNC(=O)c1nn(-c2cccc(F)c2F)c2c1CCC2. The number of thioether (sulfide) groups is 1. The van der Waals surface area contributed by atoms with Crippen molar-refractivity contribution in [2.75, 3.05) is 18.1 Å². The van der Waals surface area contributed by atoms with E-state index in [4.69, 9.17) is 5.11 Å². The van der Waals surface area contributed by atoms with Gasteiger partial charge < -0.3 is 10.4 Å². The fraction of sp³-hybridized carbons (Fsp3) is 0.353. The predicted molar refractivity (Wildman–Crippen MR) is 92.8 cm³/mol. The third-order valence-corrected chi connectivity index (χ3v) is 5.01. The first-order valence-corrected chi connectivity index (χ1v) is 9.27. The van der Waals surface area contributed by atoms with Gasteiger partial charge in [0.05, 0.1) is 5.75 Å². The number of halogens is 2. The number of carbonyl (C=O) groups is 2. The van der Waals surface area contributed by atoms with Gasteiger partial charge in [-0.3, -0.25) is 9.59 Å². The molecule has 0 radical (unpaired) electrons. The van der Waals surface area contributed by atoms with Crippen LogP contribution in [0.3, 0.4) is 0 Å². The summed E-state index contributed by atoms with van der Waals surface area (Å²) in [6.45, 7) is 0.298. The molecule has 0 unspecified atom stereocenters. The minimum absolute atomic E-state index is 0.0146. The molecule has 6 nitrogen and oxygen atoms in total. The van der Waals surface area contributed by atoms with Crippen LogP contribution in [0, 0.1) is 11.6 Å². The van der Waals surface area contributed by atoms with E-state index in [1.165, 1.54) is 28.6 Å². The van der Waals surface area contributed by atoms with Gasteiger partial charge in [0.15, 0.2) is 17.3 Å². The number of amides is 1. The molecule has 3 rings (SSSR count). The molecule has 1 amide bonds. The van der Waals surface area contributed by atoms with Crippen molar-refractivity contribution in [2.24, 2.45) is 0 Å². The van der Waals surface area contributed by atoms with Crippen LogP contribution < -0.4 is 5.32 Å². The summed E-state index contributed by atoms with van der Waals surface area (Å²) in [6.07, 6.45) is 2.11. The van der Waals surface area contributed by atoms with E-state index >= 15 is 0 Å². The van der Waals surface area contributed by atoms with Crippen molar-refractivity contribution < 1.29 is 23.5 Å². The smallest absolute Gasteiger partial charge is 0.313 e. The maximum absolute atomic E-state index is 14.1. The number of carboxylic acids is 1. The van der Waals surface area contributed by atoms with Gasteiger partial charge in [-0.15, -0.1) is 11.8 Å². The molecule has 0 saturated carbocycles. The number of nitrogens with zero attached hydrogens (tertiary/aromatic N) is 2. The van der Waals surface area contributed by atoms with Gasteiger partial charge in [-0.1, -0.05) is 6.07 Å². The summed E-state index contributed by atoms with van der Waals surface area (Å²) in [5.41, 5.74) is 1.67. The zero-order valence-electron chi connectivity index (χ0n) is 13.8. The molecule has 2 N–H and O–H groups in total. The molecule has 26 heavy (non-hydrogen) atoms. The summed E-state index contributed by atoms with van der Waals surface area (Å²) in [7, 11) is 0. The second kappa shape index (κ2) is 7.86. The Morgan fingerprint density at radius 1 is 1.31 bits per heavy atom. The first-order chi connectivity index (χ1) is 12.5. The van der Waals surface area contributed by atoms with Crippen molar-refractivity contribution in [1.29, 1.82) is 0 Å². The van der Waals surface area contributed by atoms with Gasteiger partial charge in [0.2, 0.25) is 0 Å². The Morgan fingerprint density at radius 3 is 2.88 bits per heavy atom. The number of nitrogens with one attached hydrogen (secondary N) is 1. The lowest BCUT2D eigenvalue weighted by atomic mass is 10.2. The van der Waals surface area contributed by atoms with E-state index in [2.05, 4.69) is 10.4 Å². The summed E-state index contributed by atoms with van der Waals surface area (Å²) in [5, 5.41) is 15.5. The minimum Gasteiger partial charge on any atom is -0.481 e. The highest BCUT2D eigenvalue weighted by molar-refractivity contribution is 7.99. The van der Waals surface area contributed by atoms with Crippen molar-refractivity contribution in [3.63, 3.8) is 0 Å². The molecule has 0 atom stereocenters. The highest BCUT2D eigenvalue weighted by Crippen LogP contribution is 2.29. The van der Waals surface area contributed by atoms with Crippen LogP contribution in [0.15, 0.2) is 18.2 Å². The topological polar surface area (TPSA) is 84.2 Å². The van der Waals surface area contributed by atoms with Gasteiger partial charge in [-0.25, -0.2) is 13.5 Å². The van der Waals surface area contributed by atoms with E-state index in [1.54, 1.807) is 0 Å². The molecular formula is C17H17F2N3O3S. The molecule has 138 valence electrons. The van der Waals surface area contributed by atoms with E-state index in [0.717, 1.165) is 23.7 Å². The standard InChI is InChI=1S/C17H17F2N3O3S/c18-11-4-2-6-13(15(11)19)22-12-5-1-3-10(12)16(21-22)17(25)20-7-8-26-9-14(23)24/h2,4,6H,1,3,5,7-9H2,(H,20,25)(H,23,24). The molecule has 1 aromatic heterocycles. The van der Waals surface area contributed by atoms with Gasteiger partial charge in [0, 0.05) is 23.6 Å². The molecule has 2 aromatic rings. The number of carboxylic acid groups (broad SMARTS) is 1. The summed E-state index contributed by atoms with van der Waals surface area (Å²) in [5.74, 6) is -2.84. The van der Waals surface area contributed by atoms with Crippen LogP contribution >= 0.6 is 11.8 Å². The fourth-order valence-corrected chi connectivity index (χ4v) is 3.52. The second-order valence-electron chi connectivity index (χ2n) is 5.81. The van der Waals surface area contributed by atoms with Crippen LogP contribution in [0.2, 0.25) is 0 Å². The van der Waals surface area contributed by atoms with E-state index < -0.39 is 23.5 Å². The van der Waals surface area contributed by atoms with Gasteiger partial charge in [0.1, 0.15) is 5.69 Å². The third kappa shape index (κ3) is 3.72. The van der Waals surface area contributed by atoms with Gasteiger partial charge in [0.25, 0.3) is 5.91 Å². The summed E-state index contributed by atoms with van der Waals surface area (Å²) >= 11 is 1.20. The van der Waals surface area contributed by atoms with Gasteiger partial charge in [-0.05, 0) is 31.4 Å². The number of hydrogen-bond donors (Lipinski definition) is 2. The van der Waals surface area contributed by atoms with Crippen LogP contribution in [-0.2, 0) is 17.6 Å². The molecular weight excluding hydrogens is 364 g/mol. The predicted octanol–water partition coefficient (Wildman–Crippen LogP) is 2.19. The largest absolute Gasteiger partial charge is 0.481 e. The monoisotopic (exact) mass is 381 g/mol. The Labute approximate surface area is 152 Å². The Hall–Kier alpha value is -2.42. The zero-order valence-corrected chi connectivity index (χ0v) is 14.6. The Bertz CT molecular complexity index is 854. The second-order valence-corrected chi connectivity index (χ2v) is 6.92. The number of carbonyl (C=O) groups excluding carboxylic acids is 1. The zero-order chi connectivity index (χ0) is 18.7. The van der Waals surface area contributed by atoms with Crippen LogP contribution in [0.1, 0.15) is 28.2 Å². The number of aromatic nitrogens is 2. The summed E-state index contributed by atoms with van der Waals surface area (Å²) < 4.78 is 29.0. The highest BCUT2D eigenvalue weighted by atomic mass is 32.2. The molecule has 9 heteroatoms. The van der Waals surface area contributed by atoms with Gasteiger partial charge >= 0.3 is 5.97 Å². The number of rotatable bonds is 7. The number of hydrogen-bond acceptors (Lipinski definition) is 4. The maximum Gasteiger partial charge on any atom is 0.313 e. The quantitative estimate of drug-likeness (QED) is 0.719. The van der Waals surface area contributed by atoms with Crippen molar-refractivity contribution in [3.8, 4) is 5.69 Å². The van der Waals surface area contributed by atoms with E-state index in [9.17, 15) is 18.4 Å². The van der Waals surface area contributed by atoms with Crippen LogP contribution in [0.25, 0.3) is 5.69 Å².